The van der Waals surface area contributed by atoms with Crippen LogP contribution in [0.15, 0.2) is 158 Å². The fourth-order valence-corrected chi connectivity index (χ4v) is 5.93. The van der Waals surface area contributed by atoms with Gasteiger partial charge in [-0.3, -0.25) is 0 Å². The number of hydrogen-bond acceptors (Lipinski definition) is 0. The van der Waals surface area contributed by atoms with Crippen molar-refractivity contribution < 1.29 is 0 Å². The maximum Gasteiger partial charge on any atom is 0.0713 e. The minimum Gasteiger partial charge on any atom is -0.0622 e. The van der Waals surface area contributed by atoms with Gasteiger partial charge in [0.15, 0.2) is 0 Å². The van der Waals surface area contributed by atoms with Crippen LogP contribution in [0.1, 0.15) is 33.4 Å². The van der Waals surface area contributed by atoms with E-state index < -0.39 is 0 Å². The lowest BCUT2D eigenvalue weighted by atomic mass is 9.67. The number of rotatable bonds is 3. The summed E-state index contributed by atoms with van der Waals surface area (Å²) in [6.07, 6.45) is 0. The Hall–Kier alpha value is -4.68. The molecule has 0 heterocycles. The van der Waals surface area contributed by atoms with E-state index in [-0.39, 0.29) is 5.41 Å². The monoisotopic (exact) mass is 500 g/mol. The predicted octanol–water partition coefficient (Wildman–Crippen LogP) is 10.0. The predicted molar refractivity (Wildman–Crippen MR) is 165 cm³/mol. The van der Waals surface area contributed by atoms with Crippen LogP contribution in [0.4, 0.5) is 0 Å². The van der Waals surface area contributed by atoms with Gasteiger partial charge in [-0.15, -0.1) is 0 Å². The summed E-state index contributed by atoms with van der Waals surface area (Å²) in [5.74, 6) is 0. The van der Waals surface area contributed by atoms with E-state index in [2.05, 4.69) is 166 Å². The average Bonchev–Trinajstić information content (AvgIpc) is 3.29. The molecular weight excluding hydrogens is 468 g/mol. The Morgan fingerprint density at radius 3 is 1.44 bits per heavy atom. The first-order chi connectivity index (χ1) is 19.2. The zero-order valence-electron chi connectivity index (χ0n) is 22.5. The van der Waals surface area contributed by atoms with Crippen LogP contribution in [0.25, 0.3) is 22.3 Å². The molecule has 188 valence electrons. The Morgan fingerprint density at radius 1 is 0.359 bits per heavy atom. The maximum absolute atomic E-state index is 2.37. The Bertz CT molecular complexity index is 1640. The van der Waals surface area contributed by atoms with Gasteiger partial charge in [0.2, 0.25) is 0 Å². The smallest absolute Gasteiger partial charge is 0.0622 e. The van der Waals surface area contributed by atoms with Crippen molar-refractivity contribution in [3.05, 3.63) is 191 Å². The Kier molecular flexibility index (Phi) is 6.69. The molecule has 0 radical (unpaired) electrons. The molecule has 39 heavy (non-hydrogen) atoms. The molecule has 0 amide bonds. The number of hydrogen-bond donors (Lipinski definition) is 0. The third kappa shape index (κ3) is 4.49. The maximum atomic E-state index is 2.37. The van der Waals surface area contributed by atoms with E-state index in [0.29, 0.717) is 0 Å². The fourth-order valence-electron chi connectivity index (χ4n) is 5.93. The molecule has 0 saturated carbocycles. The van der Waals surface area contributed by atoms with Crippen molar-refractivity contribution in [2.75, 3.05) is 0 Å². The van der Waals surface area contributed by atoms with E-state index in [4.69, 9.17) is 0 Å². The fraction of sp³-hybridized carbons (Fsp3) is 0.0769. The molecule has 0 bridgehead atoms. The van der Waals surface area contributed by atoms with E-state index >= 15 is 0 Å². The summed E-state index contributed by atoms with van der Waals surface area (Å²) in [7, 11) is 0. The van der Waals surface area contributed by atoms with Gasteiger partial charge in [-0.2, -0.15) is 0 Å². The summed E-state index contributed by atoms with van der Waals surface area (Å²) in [5, 5.41) is 0. The van der Waals surface area contributed by atoms with Crippen LogP contribution >= 0.6 is 0 Å². The highest BCUT2D eigenvalue weighted by atomic mass is 14.5. The van der Waals surface area contributed by atoms with Gasteiger partial charge in [-0.1, -0.05) is 169 Å². The first-order valence-electron chi connectivity index (χ1n) is 13.6. The van der Waals surface area contributed by atoms with Crippen LogP contribution < -0.4 is 0 Å². The quantitative estimate of drug-likeness (QED) is 0.226. The molecule has 0 nitrogen and oxygen atoms in total. The van der Waals surface area contributed by atoms with E-state index in [1.807, 2.05) is 6.07 Å². The van der Waals surface area contributed by atoms with Crippen molar-refractivity contribution in [3.63, 3.8) is 0 Å². The molecule has 1 aliphatic rings. The van der Waals surface area contributed by atoms with Crippen LogP contribution in [0.2, 0.25) is 0 Å². The average molecular weight is 501 g/mol. The topological polar surface area (TPSA) is 0 Å². The highest BCUT2D eigenvalue weighted by Gasteiger charge is 2.45. The third-order valence-electron chi connectivity index (χ3n) is 7.77. The van der Waals surface area contributed by atoms with E-state index in [9.17, 15) is 0 Å². The van der Waals surface area contributed by atoms with Gasteiger partial charge in [0.25, 0.3) is 0 Å². The van der Waals surface area contributed by atoms with Gasteiger partial charge in [0.05, 0.1) is 5.41 Å². The molecule has 7 rings (SSSR count). The van der Waals surface area contributed by atoms with Crippen LogP contribution in [-0.4, -0.2) is 0 Å². The molecule has 0 atom stereocenters. The zero-order valence-corrected chi connectivity index (χ0v) is 22.5. The second-order valence-corrected chi connectivity index (χ2v) is 10.3. The van der Waals surface area contributed by atoms with Gasteiger partial charge < -0.3 is 0 Å². The normalized spacial score (nSPS) is 12.6. The molecule has 6 aromatic rings. The number of aryl methyl sites for hydroxylation is 2. The highest BCUT2D eigenvalue weighted by Crippen LogP contribution is 2.56. The second-order valence-electron chi connectivity index (χ2n) is 10.3. The second kappa shape index (κ2) is 10.6. The first kappa shape index (κ1) is 24.6. The zero-order chi connectivity index (χ0) is 26.7. The SMILES string of the molecule is Cc1ccc(-c2ccccc2)cc1.Cc1ccc2c(c1)C(c1ccccc1)(c1ccccc1)c1ccccc1-2. The lowest BCUT2D eigenvalue weighted by molar-refractivity contribution is 0.767. The van der Waals surface area contributed by atoms with Gasteiger partial charge in [0.1, 0.15) is 0 Å². The van der Waals surface area contributed by atoms with Crippen LogP contribution in [0, 0.1) is 13.8 Å². The Morgan fingerprint density at radius 2 is 0.821 bits per heavy atom. The Labute approximate surface area is 232 Å². The summed E-state index contributed by atoms with van der Waals surface area (Å²) in [5.41, 5.74) is 13.0. The molecule has 0 aromatic heterocycles. The standard InChI is InChI=1S/C26H20.C13H12/c1-19-16-17-23-22-14-8-9-15-24(22)26(25(23)18-19,20-10-4-2-5-11-20)21-12-6-3-7-13-21;1-11-7-9-13(10-8-11)12-5-3-2-4-6-12/h2-18H,1H3;2-10H,1H3. The summed E-state index contributed by atoms with van der Waals surface area (Å²) in [4.78, 5) is 0. The van der Waals surface area contributed by atoms with Gasteiger partial charge >= 0.3 is 0 Å². The third-order valence-corrected chi connectivity index (χ3v) is 7.77. The molecule has 0 spiro atoms. The van der Waals surface area contributed by atoms with Crippen molar-refractivity contribution >= 4 is 0 Å². The van der Waals surface area contributed by atoms with E-state index in [1.165, 1.54) is 55.6 Å². The lowest BCUT2D eigenvalue weighted by Crippen LogP contribution is -2.28. The van der Waals surface area contributed by atoms with Crippen LogP contribution in [0.3, 0.4) is 0 Å². The number of benzene rings is 6. The van der Waals surface area contributed by atoms with Crippen molar-refractivity contribution in [3.8, 4) is 22.3 Å². The first-order valence-corrected chi connectivity index (χ1v) is 13.6. The molecular formula is C39H32. The van der Waals surface area contributed by atoms with Crippen LogP contribution in [0.5, 0.6) is 0 Å². The van der Waals surface area contributed by atoms with E-state index in [0.717, 1.165) is 0 Å². The summed E-state index contributed by atoms with van der Waals surface area (Å²) in [6.45, 7) is 4.29. The van der Waals surface area contributed by atoms with Gasteiger partial charge in [-0.05, 0) is 58.4 Å². The largest absolute Gasteiger partial charge is 0.0713 e. The summed E-state index contributed by atoms with van der Waals surface area (Å²) < 4.78 is 0. The minimum atomic E-state index is -0.263. The highest BCUT2D eigenvalue weighted by molar-refractivity contribution is 5.86. The summed E-state index contributed by atoms with van der Waals surface area (Å²) >= 11 is 0. The van der Waals surface area contributed by atoms with Crippen molar-refractivity contribution in [2.45, 2.75) is 19.3 Å². The lowest BCUT2D eigenvalue weighted by Gasteiger charge is -2.34. The molecule has 0 heteroatoms. The van der Waals surface area contributed by atoms with Gasteiger partial charge in [0, 0.05) is 0 Å². The number of fused-ring (bicyclic) bond motifs is 3. The van der Waals surface area contributed by atoms with Crippen molar-refractivity contribution in [2.24, 2.45) is 0 Å². The van der Waals surface area contributed by atoms with Crippen molar-refractivity contribution in [1.29, 1.82) is 0 Å². The molecule has 0 N–H and O–H groups in total. The van der Waals surface area contributed by atoms with Crippen molar-refractivity contribution in [1.82, 2.24) is 0 Å². The molecule has 6 aromatic carbocycles. The minimum absolute atomic E-state index is 0.263. The molecule has 0 aliphatic heterocycles. The van der Waals surface area contributed by atoms with E-state index in [1.54, 1.807) is 0 Å². The van der Waals surface area contributed by atoms with Crippen LogP contribution in [-0.2, 0) is 5.41 Å². The molecule has 0 fully saturated rings. The molecule has 0 saturated heterocycles. The summed E-state index contributed by atoms with van der Waals surface area (Å²) in [6, 6.07) is 56.6. The van der Waals surface area contributed by atoms with Gasteiger partial charge in [-0.25, -0.2) is 0 Å². The molecule has 0 unspecified atom stereocenters. The molecule has 1 aliphatic carbocycles. The Balaban J connectivity index is 0.000000179.